The highest BCUT2D eigenvalue weighted by atomic mass is 16.6. The van der Waals surface area contributed by atoms with E-state index in [0.29, 0.717) is 31.5 Å². The van der Waals surface area contributed by atoms with E-state index in [4.69, 9.17) is 10.6 Å². The van der Waals surface area contributed by atoms with Crippen LogP contribution < -0.4 is 5.84 Å². The minimum absolute atomic E-state index is 0.123. The quantitative estimate of drug-likeness (QED) is 0.480. The predicted octanol–water partition coefficient (Wildman–Crippen LogP) is 2.79. The zero-order chi connectivity index (χ0) is 20.3. The average Bonchev–Trinajstić information content (AvgIpc) is 3.20. The van der Waals surface area contributed by atoms with E-state index >= 15 is 0 Å². The maximum absolute atomic E-state index is 12.8. The SMILES string of the molecule is CC(C)(C)OC(=O)N1CCC(N(N)C(=O)c2cccc(-c3cnc[nH]3)c2)CC1. The first-order chi connectivity index (χ1) is 13.2. The Morgan fingerprint density at radius 3 is 2.61 bits per heavy atom. The molecule has 28 heavy (non-hydrogen) atoms. The fraction of sp³-hybridized carbons (Fsp3) is 0.450. The van der Waals surface area contributed by atoms with Gasteiger partial charge in [0, 0.05) is 24.2 Å². The third-order valence-corrected chi connectivity index (χ3v) is 4.66. The molecule has 1 saturated heterocycles. The number of rotatable bonds is 3. The summed E-state index contributed by atoms with van der Waals surface area (Å²) in [5, 5.41) is 1.29. The number of hydrazine groups is 1. The summed E-state index contributed by atoms with van der Waals surface area (Å²) in [4.78, 5) is 33.7. The molecule has 0 saturated carbocycles. The molecule has 1 fully saturated rings. The highest BCUT2D eigenvalue weighted by Crippen LogP contribution is 2.21. The van der Waals surface area contributed by atoms with Crippen LogP contribution in [0.1, 0.15) is 44.0 Å². The van der Waals surface area contributed by atoms with Crippen LogP contribution in [0.4, 0.5) is 4.79 Å². The lowest BCUT2D eigenvalue weighted by atomic mass is 10.0. The van der Waals surface area contributed by atoms with Crippen LogP contribution in [-0.2, 0) is 4.74 Å². The van der Waals surface area contributed by atoms with Crippen molar-refractivity contribution in [1.29, 1.82) is 0 Å². The second kappa shape index (κ2) is 8.02. The Morgan fingerprint density at radius 2 is 2.00 bits per heavy atom. The van der Waals surface area contributed by atoms with Crippen LogP contribution >= 0.6 is 0 Å². The topological polar surface area (TPSA) is 105 Å². The van der Waals surface area contributed by atoms with Crippen molar-refractivity contribution in [3.05, 3.63) is 42.4 Å². The molecule has 8 nitrogen and oxygen atoms in total. The van der Waals surface area contributed by atoms with Gasteiger partial charge in [0.2, 0.25) is 0 Å². The number of carbonyl (C=O) groups is 2. The molecule has 150 valence electrons. The fourth-order valence-electron chi connectivity index (χ4n) is 3.20. The number of piperidine rings is 1. The monoisotopic (exact) mass is 385 g/mol. The van der Waals surface area contributed by atoms with Crippen molar-refractivity contribution in [3.63, 3.8) is 0 Å². The van der Waals surface area contributed by atoms with Crippen LogP contribution in [0, 0.1) is 0 Å². The summed E-state index contributed by atoms with van der Waals surface area (Å²) < 4.78 is 5.41. The van der Waals surface area contributed by atoms with E-state index in [2.05, 4.69) is 9.97 Å². The molecule has 0 aliphatic carbocycles. The number of likely N-dealkylation sites (tertiary alicyclic amines) is 1. The summed E-state index contributed by atoms with van der Waals surface area (Å²) in [5.74, 6) is 5.91. The molecular formula is C20H27N5O3. The number of aromatic amines is 1. The number of hydrogen-bond acceptors (Lipinski definition) is 5. The van der Waals surface area contributed by atoms with Crippen molar-refractivity contribution in [2.75, 3.05) is 13.1 Å². The third kappa shape index (κ3) is 4.69. The molecule has 0 radical (unpaired) electrons. The van der Waals surface area contributed by atoms with Crippen molar-refractivity contribution in [2.24, 2.45) is 5.84 Å². The van der Waals surface area contributed by atoms with Gasteiger partial charge in [-0.25, -0.2) is 15.6 Å². The van der Waals surface area contributed by atoms with Crippen LogP contribution in [-0.4, -0.2) is 56.6 Å². The summed E-state index contributed by atoms with van der Waals surface area (Å²) >= 11 is 0. The van der Waals surface area contributed by atoms with E-state index in [1.807, 2.05) is 32.9 Å². The minimum Gasteiger partial charge on any atom is -0.444 e. The lowest BCUT2D eigenvalue weighted by Crippen LogP contribution is -2.52. The minimum atomic E-state index is -0.524. The molecule has 0 atom stereocenters. The molecule has 2 heterocycles. The highest BCUT2D eigenvalue weighted by molar-refractivity contribution is 5.95. The van der Waals surface area contributed by atoms with Gasteiger partial charge in [0.25, 0.3) is 5.91 Å². The molecule has 3 N–H and O–H groups in total. The lowest BCUT2D eigenvalue weighted by molar-refractivity contribution is 0.0146. The number of hydrogen-bond donors (Lipinski definition) is 2. The number of imidazole rings is 1. The Kier molecular flexibility index (Phi) is 5.69. The standard InChI is InChI=1S/C20H27N5O3/c1-20(2,3)28-19(27)24-9-7-16(8-10-24)25(21)18(26)15-6-4-5-14(11-15)17-12-22-13-23-17/h4-6,11-13,16H,7-10,21H2,1-3H3,(H,22,23). The molecular weight excluding hydrogens is 358 g/mol. The summed E-state index contributed by atoms with van der Waals surface area (Å²) in [7, 11) is 0. The van der Waals surface area contributed by atoms with Gasteiger partial charge >= 0.3 is 6.09 Å². The third-order valence-electron chi connectivity index (χ3n) is 4.66. The van der Waals surface area contributed by atoms with Gasteiger partial charge in [0.15, 0.2) is 0 Å². The number of benzene rings is 1. The second-order valence-corrected chi connectivity index (χ2v) is 7.96. The average molecular weight is 385 g/mol. The fourth-order valence-corrected chi connectivity index (χ4v) is 3.20. The normalized spacial score (nSPS) is 15.4. The van der Waals surface area contributed by atoms with Crippen molar-refractivity contribution >= 4 is 12.0 Å². The van der Waals surface area contributed by atoms with Gasteiger partial charge in [-0.2, -0.15) is 0 Å². The zero-order valence-electron chi connectivity index (χ0n) is 16.5. The molecule has 0 unspecified atom stereocenters. The maximum Gasteiger partial charge on any atom is 0.410 e. The second-order valence-electron chi connectivity index (χ2n) is 7.96. The van der Waals surface area contributed by atoms with Crippen molar-refractivity contribution in [2.45, 2.75) is 45.3 Å². The van der Waals surface area contributed by atoms with Crippen molar-refractivity contribution < 1.29 is 14.3 Å². The van der Waals surface area contributed by atoms with Crippen molar-refractivity contribution in [3.8, 4) is 11.3 Å². The highest BCUT2D eigenvalue weighted by Gasteiger charge is 2.30. The molecule has 0 bridgehead atoms. The largest absolute Gasteiger partial charge is 0.444 e. The molecule has 1 aromatic heterocycles. The van der Waals surface area contributed by atoms with E-state index in [1.165, 1.54) is 5.01 Å². The first-order valence-corrected chi connectivity index (χ1v) is 9.39. The van der Waals surface area contributed by atoms with Gasteiger partial charge in [-0.1, -0.05) is 12.1 Å². The number of nitrogens with two attached hydrogens (primary N) is 1. The Morgan fingerprint density at radius 1 is 1.29 bits per heavy atom. The van der Waals surface area contributed by atoms with Gasteiger partial charge in [0.05, 0.1) is 24.3 Å². The number of amides is 2. The van der Waals surface area contributed by atoms with Gasteiger partial charge in [-0.05, 0) is 45.7 Å². The first-order valence-electron chi connectivity index (χ1n) is 9.39. The number of nitrogens with zero attached hydrogens (tertiary/aromatic N) is 3. The summed E-state index contributed by atoms with van der Waals surface area (Å²) in [6.45, 7) is 6.55. The van der Waals surface area contributed by atoms with E-state index < -0.39 is 5.60 Å². The summed E-state index contributed by atoms with van der Waals surface area (Å²) in [6.07, 6.45) is 4.20. The van der Waals surface area contributed by atoms with Crippen LogP contribution in [0.25, 0.3) is 11.3 Å². The number of aromatic nitrogens is 2. The Bertz CT molecular complexity index is 821. The summed E-state index contributed by atoms with van der Waals surface area (Å²) in [5.41, 5.74) is 1.70. The Hall–Kier alpha value is -2.87. The Labute approximate surface area is 164 Å². The summed E-state index contributed by atoms with van der Waals surface area (Å²) in [6, 6.07) is 7.15. The van der Waals surface area contributed by atoms with E-state index in [-0.39, 0.29) is 18.0 Å². The molecule has 0 spiro atoms. The molecule has 1 aliphatic heterocycles. The predicted molar refractivity (Wildman–Crippen MR) is 105 cm³/mol. The zero-order valence-corrected chi connectivity index (χ0v) is 16.5. The van der Waals surface area contributed by atoms with E-state index in [9.17, 15) is 9.59 Å². The molecule has 1 aliphatic rings. The van der Waals surface area contributed by atoms with E-state index in [0.717, 1.165) is 11.3 Å². The molecule has 2 aromatic rings. The van der Waals surface area contributed by atoms with Crippen LogP contribution in [0.5, 0.6) is 0 Å². The lowest BCUT2D eigenvalue weighted by Gasteiger charge is -2.36. The maximum atomic E-state index is 12.8. The van der Waals surface area contributed by atoms with Crippen molar-refractivity contribution in [1.82, 2.24) is 19.9 Å². The molecule has 1 aromatic carbocycles. The smallest absolute Gasteiger partial charge is 0.410 e. The first kappa shape index (κ1) is 19.9. The number of nitrogens with one attached hydrogen (secondary N) is 1. The number of carbonyl (C=O) groups excluding carboxylic acids is 2. The van der Waals surface area contributed by atoms with Gasteiger partial charge in [-0.3, -0.25) is 9.80 Å². The molecule has 3 rings (SSSR count). The van der Waals surface area contributed by atoms with Crippen LogP contribution in [0.15, 0.2) is 36.8 Å². The van der Waals surface area contributed by atoms with Gasteiger partial charge in [-0.15, -0.1) is 0 Å². The van der Waals surface area contributed by atoms with Crippen LogP contribution in [0.2, 0.25) is 0 Å². The van der Waals surface area contributed by atoms with Gasteiger partial charge in [0.1, 0.15) is 5.60 Å². The molecule has 8 heteroatoms. The number of ether oxygens (including phenoxy) is 1. The Balaban J connectivity index is 1.61. The number of H-pyrrole nitrogens is 1. The molecule has 2 amide bonds. The van der Waals surface area contributed by atoms with Crippen LogP contribution in [0.3, 0.4) is 0 Å². The van der Waals surface area contributed by atoms with Gasteiger partial charge < -0.3 is 14.6 Å². The van der Waals surface area contributed by atoms with E-state index in [1.54, 1.807) is 29.6 Å².